The van der Waals surface area contributed by atoms with Crippen LogP contribution in [0.5, 0.6) is 0 Å². The fourth-order valence-corrected chi connectivity index (χ4v) is 5.23. The Hall–Kier alpha value is -2.84. The van der Waals surface area contributed by atoms with E-state index in [2.05, 4.69) is 27.4 Å². The third-order valence-electron chi connectivity index (χ3n) is 5.92. The molecule has 5 rings (SSSR count). The molecule has 1 N–H and O–H groups in total. The van der Waals surface area contributed by atoms with Gasteiger partial charge in [0.1, 0.15) is 0 Å². The van der Waals surface area contributed by atoms with Gasteiger partial charge in [0, 0.05) is 51.3 Å². The van der Waals surface area contributed by atoms with Crippen LogP contribution in [0.2, 0.25) is 0 Å². The van der Waals surface area contributed by atoms with Gasteiger partial charge in [-0.05, 0) is 42.5 Å². The Morgan fingerprint density at radius 2 is 2.06 bits per heavy atom. The predicted molar refractivity (Wildman–Crippen MR) is 121 cm³/mol. The van der Waals surface area contributed by atoms with E-state index < -0.39 is 0 Å². The van der Waals surface area contributed by atoms with Crippen molar-refractivity contribution in [3.05, 3.63) is 36.2 Å². The molecule has 0 unspecified atom stereocenters. The van der Waals surface area contributed by atoms with Crippen LogP contribution >= 0.6 is 11.3 Å². The van der Waals surface area contributed by atoms with Crippen molar-refractivity contribution in [2.24, 2.45) is 5.92 Å². The molecule has 1 fully saturated rings. The Labute approximate surface area is 184 Å². The van der Waals surface area contributed by atoms with Crippen molar-refractivity contribution in [3.63, 3.8) is 0 Å². The molecule has 4 heterocycles. The molecule has 0 radical (unpaired) electrons. The van der Waals surface area contributed by atoms with Crippen LogP contribution in [-0.4, -0.2) is 41.5 Å². The number of anilines is 2. The predicted octanol–water partition coefficient (Wildman–Crippen LogP) is 4.02. The Morgan fingerprint density at radius 3 is 2.87 bits per heavy atom. The van der Waals surface area contributed by atoms with Gasteiger partial charge in [0.15, 0.2) is 5.13 Å². The first kappa shape index (κ1) is 20.1. The summed E-state index contributed by atoms with van der Waals surface area (Å²) in [4.78, 5) is 35.3. The number of thiazole rings is 1. The van der Waals surface area contributed by atoms with E-state index in [4.69, 9.17) is 4.74 Å². The molecule has 2 aliphatic heterocycles. The third kappa shape index (κ3) is 4.18. The molecule has 0 bridgehead atoms. The molecule has 1 saturated heterocycles. The maximum atomic E-state index is 13.0. The van der Waals surface area contributed by atoms with Gasteiger partial charge in [-0.1, -0.05) is 17.4 Å². The van der Waals surface area contributed by atoms with Gasteiger partial charge < -0.3 is 15.0 Å². The topological polar surface area (TPSA) is 84.4 Å². The summed E-state index contributed by atoms with van der Waals surface area (Å²) in [6.07, 6.45) is 5.16. The minimum absolute atomic E-state index is 0.132. The summed E-state index contributed by atoms with van der Waals surface area (Å²) in [5.41, 5.74) is 4.75. The summed E-state index contributed by atoms with van der Waals surface area (Å²) < 4.78 is 6.41. The van der Waals surface area contributed by atoms with Crippen LogP contribution in [0.15, 0.2) is 30.5 Å². The molecule has 3 aromatic rings. The van der Waals surface area contributed by atoms with Gasteiger partial charge in [-0.25, -0.2) is 4.98 Å². The quantitative estimate of drug-likeness (QED) is 0.668. The zero-order chi connectivity index (χ0) is 21.4. The summed E-state index contributed by atoms with van der Waals surface area (Å²) >= 11 is 1.45. The third-order valence-corrected chi connectivity index (χ3v) is 6.85. The van der Waals surface area contributed by atoms with E-state index >= 15 is 0 Å². The Morgan fingerprint density at radius 1 is 1.23 bits per heavy atom. The molecule has 2 aromatic heterocycles. The van der Waals surface area contributed by atoms with Gasteiger partial charge in [0.2, 0.25) is 11.8 Å². The van der Waals surface area contributed by atoms with Gasteiger partial charge in [-0.15, -0.1) is 0 Å². The van der Waals surface area contributed by atoms with E-state index in [1.54, 1.807) is 0 Å². The summed E-state index contributed by atoms with van der Waals surface area (Å²) in [6.45, 7) is 3.68. The van der Waals surface area contributed by atoms with Crippen molar-refractivity contribution >= 4 is 44.2 Å². The van der Waals surface area contributed by atoms with Crippen LogP contribution in [0, 0.1) is 5.92 Å². The summed E-state index contributed by atoms with van der Waals surface area (Å²) in [5, 5.41) is 3.34. The molecule has 0 spiro atoms. The van der Waals surface area contributed by atoms with Crippen LogP contribution in [0.3, 0.4) is 0 Å². The normalized spacial score (nSPS) is 16.5. The van der Waals surface area contributed by atoms with Crippen LogP contribution in [0.1, 0.15) is 31.9 Å². The van der Waals surface area contributed by atoms with Gasteiger partial charge in [-0.3, -0.25) is 14.6 Å². The highest BCUT2D eigenvalue weighted by molar-refractivity contribution is 7.22. The average molecular weight is 437 g/mol. The minimum Gasteiger partial charge on any atom is -0.381 e. The molecule has 31 heavy (non-hydrogen) atoms. The standard InChI is InChI=1S/C23H24N4O3S/c1-14(28)25-23-26-19-3-2-16(12-21(19)31-23)17-11-20-18(24-13-17)4-7-27(20)22(29)10-15-5-8-30-9-6-15/h2-3,11-13,15H,4-10H2,1H3,(H,25,26,28). The number of benzene rings is 1. The maximum absolute atomic E-state index is 13.0. The molecule has 0 saturated carbocycles. The number of pyridine rings is 1. The van der Waals surface area contributed by atoms with Crippen LogP contribution in [-0.2, 0) is 20.7 Å². The molecule has 7 nitrogen and oxygen atoms in total. The number of rotatable bonds is 4. The highest BCUT2D eigenvalue weighted by Crippen LogP contribution is 2.35. The molecule has 8 heteroatoms. The number of hydrogen-bond acceptors (Lipinski definition) is 6. The number of aromatic nitrogens is 2. The van der Waals surface area contributed by atoms with Crippen molar-refractivity contribution in [1.29, 1.82) is 0 Å². The van der Waals surface area contributed by atoms with Crippen molar-refractivity contribution in [2.45, 2.75) is 32.6 Å². The SMILES string of the molecule is CC(=O)Nc1nc2ccc(-c3cnc4c(c3)N(C(=O)CC3CCOCC3)CC4)cc2s1. The maximum Gasteiger partial charge on any atom is 0.227 e. The lowest BCUT2D eigenvalue weighted by Crippen LogP contribution is -2.32. The van der Waals surface area contributed by atoms with E-state index in [1.165, 1.54) is 18.3 Å². The van der Waals surface area contributed by atoms with E-state index in [1.807, 2.05) is 23.2 Å². The van der Waals surface area contributed by atoms with Gasteiger partial charge >= 0.3 is 0 Å². The van der Waals surface area contributed by atoms with Crippen molar-refractivity contribution in [2.75, 3.05) is 30.0 Å². The zero-order valence-electron chi connectivity index (χ0n) is 17.4. The second-order valence-corrected chi connectivity index (χ2v) is 9.16. The van der Waals surface area contributed by atoms with Gasteiger partial charge in [0.05, 0.1) is 21.6 Å². The van der Waals surface area contributed by atoms with Crippen molar-refractivity contribution in [3.8, 4) is 11.1 Å². The number of amides is 2. The molecule has 0 atom stereocenters. The first-order valence-electron chi connectivity index (χ1n) is 10.6. The molecule has 2 amide bonds. The molecule has 2 aliphatic rings. The number of carbonyl (C=O) groups is 2. The Bertz CT molecular complexity index is 1150. The number of hydrogen-bond donors (Lipinski definition) is 1. The van der Waals surface area contributed by atoms with Crippen LogP contribution in [0.25, 0.3) is 21.3 Å². The fourth-order valence-electron chi connectivity index (χ4n) is 4.28. The lowest BCUT2D eigenvalue weighted by atomic mass is 9.96. The van der Waals surface area contributed by atoms with Crippen molar-refractivity contribution in [1.82, 2.24) is 9.97 Å². The molecule has 1 aromatic carbocycles. The Kier molecular flexibility index (Phi) is 5.41. The number of nitrogens with zero attached hydrogens (tertiary/aromatic N) is 3. The molecule has 160 valence electrons. The number of fused-ring (bicyclic) bond motifs is 2. The fraction of sp³-hybridized carbons (Fsp3) is 0.391. The van der Waals surface area contributed by atoms with E-state index in [9.17, 15) is 9.59 Å². The van der Waals surface area contributed by atoms with E-state index in [0.29, 0.717) is 24.0 Å². The van der Waals surface area contributed by atoms with Crippen molar-refractivity contribution < 1.29 is 14.3 Å². The summed E-state index contributed by atoms with van der Waals surface area (Å²) in [5.74, 6) is 0.461. The summed E-state index contributed by atoms with van der Waals surface area (Å²) in [7, 11) is 0. The molecular formula is C23H24N4O3S. The minimum atomic E-state index is -0.132. The van der Waals surface area contributed by atoms with Gasteiger partial charge in [0.25, 0.3) is 0 Å². The lowest BCUT2D eigenvalue weighted by molar-refractivity contribution is -0.120. The molecule has 0 aliphatic carbocycles. The van der Waals surface area contributed by atoms with Gasteiger partial charge in [-0.2, -0.15) is 0 Å². The average Bonchev–Trinajstić information content (AvgIpc) is 3.36. The number of nitrogens with one attached hydrogen (secondary N) is 1. The highest BCUT2D eigenvalue weighted by Gasteiger charge is 2.28. The Balaban J connectivity index is 1.39. The first-order valence-corrected chi connectivity index (χ1v) is 11.4. The zero-order valence-corrected chi connectivity index (χ0v) is 18.2. The molecular weight excluding hydrogens is 412 g/mol. The first-order chi connectivity index (χ1) is 15.1. The summed E-state index contributed by atoms with van der Waals surface area (Å²) in [6, 6.07) is 8.10. The second kappa shape index (κ2) is 8.36. The van der Waals surface area contributed by atoms with E-state index in [0.717, 1.165) is 65.2 Å². The largest absolute Gasteiger partial charge is 0.381 e. The van der Waals surface area contributed by atoms with E-state index in [-0.39, 0.29) is 11.8 Å². The van der Waals surface area contributed by atoms with Crippen LogP contribution in [0.4, 0.5) is 10.8 Å². The second-order valence-electron chi connectivity index (χ2n) is 8.13. The lowest BCUT2D eigenvalue weighted by Gasteiger charge is -2.24. The van der Waals surface area contributed by atoms with Crippen LogP contribution < -0.4 is 10.2 Å². The monoisotopic (exact) mass is 436 g/mol. The number of ether oxygens (including phenoxy) is 1. The smallest absolute Gasteiger partial charge is 0.227 e. The highest BCUT2D eigenvalue weighted by atomic mass is 32.1. The number of carbonyl (C=O) groups excluding carboxylic acids is 2.